The van der Waals surface area contributed by atoms with Crippen LogP contribution in [-0.4, -0.2) is 41.4 Å². The lowest BCUT2D eigenvalue weighted by molar-refractivity contribution is -0.120. The highest BCUT2D eigenvalue weighted by molar-refractivity contribution is 6.45. The maximum absolute atomic E-state index is 13.8. The molecule has 2 amide bonds. The fourth-order valence-corrected chi connectivity index (χ4v) is 4.13. The van der Waals surface area contributed by atoms with Gasteiger partial charge in [-0.25, -0.2) is 4.90 Å². The number of likely N-dealkylation sites (N-methyl/N-ethyl adjacent to an activating group) is 1. The molecule has 0 atom stereocenters. The standard InChI is InChI=1S/C28H29N3O3/c1-4-30(19-16-21-14-17-29-18-15-21)26-25(22-8-6-20(3)7-9-22)27(32)31(28(26)33)23-10-12-24(13-11-23)34-5-2/h6-15,17-18H,4-5,16,19H2,1-3H3. The molecule has 1 aliphatic heterocycles. The molecule has 0 fully saturated rings. The Bertz CT molecular complexity index is 1190. The molecule has 0 saturated carbocycles. The summed E-state index contributed by atoms with van der Waals surface area (Å²) in [6.07, 6.45) is 4.27. The summed E-state index contributed by atoms with van der Waals surface area (Å²) in [5.74, 6) is 0.0847. The van der Waals surface area contributed by atoms with Crippen molar-refractivity contribution in [1.29, 1.82) is 0 Å². The Hall–Kier alpha value is -3.93. The number of carbonyl (C=O) groups excluding carboxylic acids is 2. The summed E-state index contributed by atoms with van der Waals surface area (Å²) in [5, 5.41) is 0. The molecule has 0 spiro atoms. The lowest BCUT2D eigenvalue weighted by Gasteiger charge is -2.25. The number of hydrogen-bond donors (Lipinski definition) is 0. The number of aryl methyl sites for hydroxylation is 1. The highest BCUT2D eigenvalue weighted by atomic mass is 16.5. The van der Waals surface area contributed by atoms with Crippen LogP contribution in [-0.2, 0) is 16.0 Å². The minimum absolute atomic E-state index is 0.304. The molecule has 2 heterocycles. The summed E-state index contributed by atoms with van der Waals surface area (Å²) in [4.78, 5) is 34.8. The third kappa shape index (κ3) is 4.71. The Morgan fingerprint density at radius 1 is 0.882 bits per heavy atom. The topological polar surface area (TPSA) is 62.7 Å². The van der Waals surface area contributed by atoms with Crippen LogP contribution in [0.3, 0.4) is 0 Å². The van der Waals surface area contributed by atoms with Crippen molar-refractivity contribution in [3.05, 3.63) is 95.4 Å². The van der Waals surface area contributed by atoms with Crippen LogP contribution in [0.2, 0.25) is 0 Å². The molecular formula is C28H29N3O3. The van der Waals surface area contributed by atoms with Gasteiger partial charge in [-0.05, 0) is 74.7 Å². The lowest BCUT2D eigenvalue weighted by Crippen LogP contribution is -2.36. The molecule has 0 bridgehead atoms. The predicted octanol–water partition coefficient (Wildman–Crippen LogP) is 4.64. The van der Waals surface area contributed by atoms with Crippen molar-refractivity contribution in [2.45, 2.75) is 27.2 Å². The van der Waals surface area contributed by atoms with Crippen molar-refractivity contribution in [3.63, 3.8) is 0 Å². The molecule has 174 valence electrons. The molecule has 0 saturated heterocycles. The zero-order valence-electron chi connectivity index (χ0n) is 19.8. The number of imide groups is 1. The highest BCUT2D eigenvalue weighted by Crippen LogP contribution is 2.35. The third-order valence-electron chi connectivity index (χ3n) is 5.92. The normalized spacial score (nSPS) is 13.6. The number of carbonyl (C=O) groups is 2. The van der Waals surface area contributed by atoms with E-state index in [1.165, 1.54) is 4.90 Å². The lowest BCUT2D eigenvalue weighted by atomic mass is 10.0. The van der Waals surface area contributed by atoms with Gasteiger partial charge in [0.1, 0.15) is 11.4 Å². The maximum Gasteiger partial charge on any atom is 0.282 e. The maximum atomic E-state index is 13.8. The van der Waals surface area contributed by atoms with Crippen molar-refractivity contribution in [2.75, 3.05) is 24.6 Å². The van der Waals surface area contributed by atoms with Crippen molar-refractivity contribution >= 4 is 23.1 Å². The van der Waals surface area contributed by atoms with Crippen molar-refractivity contribution in [1.82, 2.24) is 9.88 Å². The molecule has 0 N–H and O–H groups in total. The number of ether oxygens (including phenoxy) is 1. The zero-order valence-corrected chi connectivity index (χ0v) is 19.8. The molecular weight excluding hydrogens is 426 g/mol. The monoisotopic (exact) mass is 455 g/mol. The molecule has 34 heavy (non-hydrogen) atoms. The van der Waals surface area contributed by atoms with Gasteiger partial charge in [-0.15, -0.1) is 0 Å². The van der Waals surface area contributed by atoms with E-state index >= 15 is 0 Å². The Kier molecular flexibility index (Phi) is 7.07. The minimum Gasteiger partial charge on any atom is -0.494 e. The molecule has 4 rings (SSSR count). The molecule has 0 aliphatic carbocycles. The fourth-order valence-electron chi connectivity index (χ4n) is 4.13. The van der Waals surface area contributed by atoms with Crippen LogP contribution >= 0.6 is 0 Å². The van der Waals surface area contributed by atoms with Crippen LogP contribution < -0.4 is 9.64 Å². The molecule has 0 unspecified atom stereocenters. The number of hydrogen-bond acceptors (Lipinski definition) is 5. The fraction of sp³-hybridized carbons (Fsp3) is 0.250. The first-order chi connectivity index (χ1) is 16.5. The van der Waals surface area contributed by atoms with Crippen LogP contribution in [0.15, 0.2) is 78.8 Å². The largest absolute Gasteiger partial charge is 0.494 e. The van der Waals surface area contributed by atoms with Crippen molar-refractivity contribution in [3.8, 4) is 5.75 Å². The van der Waals surface area contributed by atoms with E-state index in [0.29, 0.717) is 42.4 Å². The minimum atomic E-state index is -0.310. The molecule has 6 nitrogen and oxygen atoms in total. The van der Waals surface area contributed by atoms with Gasteiger partial charge >= 0.3 is 0 Å². The predicted molar refractivity (Wildman–Crippen MR) is 133 cm³/mol. The van der Waals surface area contributed by atoms with Crippen LogP contribution in [0.4, 0.5) is 5.69 Å². The van der Waals surface area contributed by atoms with Gasteiger partial charge in [-0.3, -0.25) is 14.6 Å². The molecule has 1 aliphatic rings. The van der Waals surface area contributed by atoms with E-state index in [9.17, 15) is 9.59 Å². The van der Waals surface area contributed by atoms with Crippen LogP contribution in [0.1, 0.15) is 30.5 Å². The number of nitrogens with zero attached hydrogens (tertiary/aromatic N) is 3. The summed E-state index contributed by atoms with van der Waals surface area (Å²) in [5.41, 5.74) is 4.38. The first-order valence-corrected chi connectivity index (χ1v) is 11.6. The van der Waals surface area contributed by atoms with Gasteiger partial charge in [0, 0.05) is 25.5 Å². The number of benzene rings is 2. The first kappa shape index (κ1) is 23.2. The Labute approximate surface area is 200 Å². The summed E-state index contributed by atoms with van der Waals surface area (Å²) in [6.45, 7) is 7.68. The summed E-state index contributed by atoms with van der Waals surface area (Å²) in [6, 6.07) is 18.8. The van der Waals surface area contributed by atoms with Gasteiger partial charge in [0.05, 0.1) is 17.9 Å². The average Bonchev–Trinajstić information content (AvgIpc) is 3.11. The quantitative estimate of drug-likeness (QED) is 0.440. The molecule has 3 aromatic rings. The van der Waals surface area contributed by atoms with E-state index in [4.69, 9.17) is 4.74 Å². The van der Waals surface area contributed by atoms with Gasteiger partial charge in [0.25, 0.3) is 11.8 Å². The second-order valence-corrected chi connectivity index (χ2v) is 8.15. The summed E-state index contributed by atoms with van der Waals surface area (Å²) in [7, 11) is 0. The number of anilines is 1. The average molecular weight is 456 g/mol. The zero-order chi connectivity index (χ0) is 24.1. The van der Waals surface area contributed by atoms with E-state index in [1.807, 2.05) is 62.1 Å². The second-order valence-electron chi connectivity index (χ2n) is 8.15. The van der Waals surface area contributed by atoms with Gasteiger partial charge in [-0.1, -0.05) is 29.8 Å². The van der Waals surface area contributed by atoms with E-state index < -0.39 is 0 Å². The first-order valence-electron chi connectivity index (χ1n) is 11.6. The van der Waals surface area contributed by atoms with Crippen LogP contribution in [0.5, 0.6) is 5.75 Å². The van der Waals surface area contributed by atoms with Gasteiger partial charge < -0.3 is 9.64 Å². The summed E-state index contributed by atoms with van der Waals surface area (Å²) >= 11 is 0. The van der Waals surface area contributed by atoms with Crippen LogP contribution in [0, 0.1) is 6.92 Å². The van der Waals surface area contributed by atoms with E-state index in [2.05, 4.69) is 4.98 Å². The molecule has 6 heteroatoms. The number of amides is 2. The van der Waals surface area contributed by atoms with Gasteiger partial charge in [0.15, 0.2) is 0 Å². The molecule has 0 radical (unpaired) electrons. The van der Waals surface area contributed by atoms with Gasteiger partial charge in [-0.2, -0.15) is 0 Å². The number of pyridine rings is 1. The van der Waals surface area contributed by atoms with E-state index in [1.54, 1.807) is 36.7 Å². The molecule has 2 aromatic carbocycles. The van der Waals surface area contributed by atoms with Gasteiger partial charge in [0.2, 0.25) is 0 Å². The third-order valence-corrected chi connectivity index (χ3v) is 5.92. The van der Waals surface area contributed by atoms with Crippen LogP contribution in [0.25, 0.3) is 5.57 Å². The van der Waals surface area contributed by atoms with E-state index in [-0.39, 0.29) is 11.8 Å². The summed E-state index contributed by atoms with van der Waals surface area (Å²) < 4.78 is 5.52. The second kappa shape index (κ2) is 10.3. The van der Waals surface area contributed by atoms with Crippen molar-refractivity contribution in [2.24, 2.45) is 0 Å². The Morgan fingerprint density at radius 2 is 1.56 bits per heavy atom. The van der Waals surface area contributed by atoms with E-state index in [0.717, 1.165) is 23.1 Å². The number of aromatic nitrogens is 1. The molecule has 1 aromatic heterocycles. The Morgan fingerprint density at radius 3 is 2.18 bits per heavy atom. The Balaban J connectivity index is 1.72. The van der Waals surface area contributed by atoms with Crippen molar-refractivity contribution < 1.29 is 14.3 Å². The SMILES string of the molecule is CCOc1ccc(N2C(=O)C(c3ccc(C)cc3)=C(N(CC)CCc3ccncc3)C2=O)cc1. The number of rotatable bonds is 9. The smallest absolute Gasteiger partial charge is 0.282 e. The highest BCUT2D eigenvalue weighted by Gasteiger charge is 2.42.